The molecule has 0 spiro atoms. The van der Waals surface area contributed by atoms with E-state index in [1.807, 2.05) is 13.0 Å². The smallest absolute Gasteiger partial charge is 0.337 e. The number of ether oxygens (including phenoxy) is 1. The number of β-lactam (4-membered cyclic amide) rings is 1. The van der Waals surface area contributed by atoms with Crippen LogP contribution in [0.25, 0.3) is 0 Å². The first kappa shape index (κ1) is 22.7. The van der Waals surface area contributed by atoms with Crippen LogP contribution in [0.2, 0.25) is 18.1 Å². The third kappa shape index (κ3) is 3.97. The lowest BCUT2D eigenvalue weighted by molar-refractivity contribution is -0.141. The molecule has 0 bridgehead atoms. The topological polar surface area (TPSA) is 81.7 Å². The van der Waals surface area contributed by atoms with Crippen molar-refractivity contribution in [1.82, 2.24) is 5.32 Å². The molecular weight excluding hydrogens is 398 g/mol. The number of methoxy groups -OCH3 is 1. The average Bonchev–Trinajstić information content (AvgIpc) is 2.64. The molecule has 1 aliphatic carbocycles. The highest BCUT2D eigenvalue weighted by atomic mass is 28.4. The lowest BCUT2D eigenvalue weighted by atomic mass is 9.70. The van der Waals surface area contributed by atoms with Crippen molar-refractivity contribution in [3.05, 3.63) is 34.9 Å². The fourth-order valence-electron chi connectivity index (χ4n) is 4.24. The Morgan fingerprint density at radius 3 is 2.47 bits per heavy atom. The molecule has 1 aliphatic heterocycles. The first-order valence-electron chi connectivity index (χ1n) is 10.6. The molecule has 1 saturated heterocycles. The zero-order valence-corrected chi connectivity index (χ0v) is 20.0. The number of nitrogens with one attached hydrogen (secondary N) is 1. The van der Waals surface area contributed by atoms with Gasteiger partial charge in [-0.05, 0) is 55.6 Å². The molecule has 4 atom stereocenters. The minimum absolute atomic E-state index is 0.0171. The van der Waals surface area contributed by atoms with E-state index < -0.39 is 14.3 Å². The largest absolute Gasteiger partial charge is 0.465 e. The number of hydrogen-bond acceptors (Lipinski definition) is 5. The number of amides is 1. The van der Waals surface area contributed by atoms with E-state index in [2.05, 4.69) is 39.2 Å². The molecule has 3 rings (SSSR count). The lowest BCUT2D eigenvalue weighted by Gasteiger charge is -2.48. The molecule has 1 aromatic carbocycles. The van der Waals surface area contributed by atoms with E-state index in [9.17, 15) is 14.4 Å². The number of esters is 1. The molecular formula is C23H33NO5Si. The Labute approximate surface area is 179 Å². The molecule has 30 heavy (non-hydrogen) atoms. The van der Waals surface area contributed by atoms with Gasteiger partial charge in [0.2, 0.25) is 5.91 Å². The second-order valence-corrected chi connectivity index (χ2v) is 14.8. The van der Waals surface area contributed by atoms with Gasteiger partial charge in [-0.2, -0.15) is 0 Å². The van der Waals surface area contributed by atoms with E-state index in [4.69, 9.17) is 9.16 Å². The summed E-state index contributed by atoms with van der Waals surface area (Å²) in [4.78, 5) is 37.6. The van der Waals surface area contributed by atoms with Crippen LogP contribution in [0.1, 0.15) is 60.4 Å². The number of ketones is 1. The monoisotopic (exact) mass is 431 g/mol. The van der Waals surface area contributed by atoms with Crippen molar-refractivity contribution in [2.45, 2.75) is 70.8 Å². The number of rotatable bonds is 5. The first-order valence-corrected chi connectivity index (χ1v) is 13.5. The van der Waals surface area contributed by atoms with Gasteiger partial charge in [0.05, 0.1) is 30.7 Å². The van der Waals surface area contributed by atoms with E-state index >= 15 is 0 Å². The van der Waals surface area contributed by atoms with Crippen LogP contribution in [0, 0.1) is 11.8 Å². The zero-order chi connectivity index (χ0) is 22.4. The average molecular weight is 432 g/mol. The van der Waals surface area contributed by atoms with Crippen LogP contribution < -0.4 is 5.32 Å². The molecule has 2 aliphatic rings. The maximum absolute atomic E-state index is 13.3. The fourth-order valence-corrected chi connectivity index (χ4v) is 5.67. The van der Waals surface area contributed by atoms with Gasteiger partial charge in [-0.25, -0.2) is 4.79 Å². The van der Waals surface area contributed by atoms with Gasteiger partial charge in [0.1, 0.15) is 0 Å². The zero-order valence-electron chi connectivity index (χ0n) is 19.0. The summed E-state index contributed by atoms with van der Waals surface area (Å²) in [5.41, 5.74) is 1.87. The number of hydrogen-bond donors (Lipinski definition) is 1. The summed E-state index contributed by atoms with van der Waals surface area (Å²) in [6, 6.07) is 4.91. The predicted molar refractivity (Wildman–Crippen MR) is 117 cm³/mol. The predicted octanol–water partition coefficient (Wildman–Crippen LogP) is 3.74. The summed E-state index contributed by atoms with van der Waals surface area (Å²) in [5.74, 6) is -1.17. The number of benzene rings is 1. The van der Waals surface area contributed by atoms with Crippen molar-refractivity contribution >= 4 is 26.0 Å². The molecule has 0 radical (unpaired) electrons. The molecule has 1 aromatic rings. The quantitative estimate of drug-likeness (QED) is 0.436. The molecule has 7 heteroatoms. The molecule has 0 saturated carbocycles. The highest BCUT2D eigenvalue weighted by Gasteiger charge is 2.52. The van der Waals surface area contributed by atoms with Crippen molar-refractivity contribution in [2.24, 2.45) is 11.8 Å². The number of aryl methyl sites for hydroxylation is 1. The molecule has 0 aromatic heterocycles. The van der Waals surface area contributed by atoms with Crippen LogP contribution in [0.4, 0.5) is 0 Å². The van der Waals surface area contributed by atoms with E-state index in [1.165, 1.54) is 7.11 Å². The minimum Gasteiger partial charge on any atom is -0.465 e. The van der Waals surface area contributed by atoms with Gasteiger partial charge < -0.3 is 14.5 Å². The molecule has 1 heterocycles. The summed E-state index contributed by atoms with van der Waals surface area (Å²) >= 11 is 0. The van der Waals surface area contributed by atoms with Crippen LogP contribution in [0.3, 0.4) is 0 Å². The summed E-state index contributed by atoms with van der Waals surface area (Å²) in [5, 5.41) is 3.00. The molecule has 164 valence electrons. The number of fused-ring (bicyclic) bond motifs is 1. The second-order valence-electron chi connectivity index (χ2n) is 10.0. The van der Waals surface area contributed by atoms with Gasteiger partial charge >= 0.3 is 5.97 Å². The van der Waals surface area contributed by atoms with Gasteiger partial charge in [0, 0.05) is 11.5 Å². The Morgan fingerprint density at radius 1 is 1.23 bits per heavy atom. The van der Waals surface area contributed by atoms with Crippen molar-refractivity contribution < 1.29 is 23.5 Å². The van der Waals surface area contributed by atoms with Gasteiger partial charge in [0.15, 0.2) is 14.1 Å². The van der Waals surface area contributed by atoms with Crippen LogP contribution in [0.15, 0.2) is 18.2 Å². The van der Waals surface area contributed by atoms with Gasteiger partial charge in [-0.15, -0.1) is 0 Å². The minimum atomic E-state index is -2.04. The third-order valence-corrected chi connectivity index (χ3v) is 11.7. The molecule has 1 fully saturated rings. The Bertz CT molecular complexity index is 873. The maximum Gasteiger partial charge on any atom is 0.337 e. The number of carbonyl (C=O) groups excluding carboxylic acids is 3. The molecule has 1 N–H and O–H groups in total. The Balaban J connectivity index is 1.80. The number of Topliss-reactive ketones (excluding diaryl/α,β-unsaturated/α-hetero) is 1. The molecule has 1 amide bonds. The van der Waals surface area contributed by atoms with Crippen LogP contribution >= 0.6 is 0 Å². The van der Waals surface area contributed by atoms with Crippen molar-refractivity contribution in [3.8, 4) is 0 Å². The van der Waals surface area contributed by atoms with E-state index in [0.29, 0.717) is 17.5 Å². The second kappa shape index (κ2) is 7.93. The van der Waals surface area contributed by atoms with Gasteiger partial charge in [-0.3, -0.25) is 9.59 Å². The standard InChI is InChI=1S/C23H33NO5Si/c1-13(29-30(6,7)23(2,3)4)18-19(24-21(18)26)16-11-10-14-8-9-15(22(27)28-5)12-17(14)20(16)25/h8-9,12-13,16,18-19H,10-11H2,1-7H3,(H,24,26)/t13-,16-,18-,19-/m1/s1. The normalized spacial score (nSPS) is 25.1. The van der Waals surface area contributed by atoms with Gasteiger partial charge in [0.25, 0.3) is 0 Å². The first-order chi connectivity index (χ1) is 13.9. The third-order valence-electron chi connectivity index (χ3n) is 7.08. The fraction of sp³-hybridized carbons (Fsp3) is 0.609. The molecule has 0 unspecified atom stereocenters. The van der Waals surface area contributed by atoms with E-state index in [1.54, 1.807) is 12.1 Å². The van der Waals surface area contributed by atoms with Crippen molar-refractivity contribution in [3.63, 3.8) is 0 Å². The highest BCUT2D eigenvalue weighted by Crippen LogP contribution is 2.41. The highest BCUT2D eigenvalue weighted by molar-refractivity contribution is 6.74. The SMILES string of the molecule is COC(=O)c1ccc2c(c1)C(=O)[C@@H]([C@H]1NC(=O)[C@@H]1[C@@H](C)O[Si](C)(C)C(C)(C)C)CC2. The summed E-state index contributed by atoms with van der Waals surface area (Å²) in [6.07, 6.45) is 1.17. The van der Waals surface area contributed by atoms with Crippen LogP contribution in [-0.4, -0.2) is 45.2 Å². The molecule has 6 nitrogen and oxygen atoms in total. The Kier molecular flexibility index (Phi) is 5.99. The van der Waals surface area contributed by atoms with E-state index in [-0.39, 0.29) is 40.7 Å². The summed E-state index contributed by atoms with van der Waals surface area (Å²) in [6.45, 7) is 12.8. The Morgan fingerprint density at radius 2 is 1.90 bits per heavy atom. The van der Waals surface area contributed by atoms with Crippen LogP contribution in [-0.2, 0) is 20.4 Å². The van der Waals surface area contributed by atoms with Crippen LogP contribution in [0.5, 0.6) is 0 Å². The number of carbonyl (C=O) groups is 3. The lowest BCUT2D eigenvalue weighted by Crippen LogP contribution is -2.67. The summed E-state index contributed by atoms with van der Waals surface area (Å²) < 4.78 is 11.3. The van der Waals surface area contributed by atoms with Crippen molar-refractivity contribution in [2.75, 3.05) is 7.11 Å². The van der Waals surface area contributed by atoms with Crippen molar-refractivity contribution in [1.29, 1.82) is 0 Å². The Hall–Kier alpha value is -1.99. The maximum atomic E-state index is 13.3. The van der Waals surface area contributed by atoms with Gasteiger partial charge in [-0.1, -0.05) is 26.8 Å². The summed E-state index contributed by atoms with van der Waals surface area (Å²) in [7, 11) is -0.713. The van der Waals surface area contributed by atoms with E-state index in [0.717, 1.165) is 12.0 Å².